The molecule has 1 amide bonds. The maximum Gasteiger partial charge on any atom is 0.254 e. The van der Waals surface area contributed by atoms with E-state index in [-0.39, 0.29) is 17.7 Å². The molecule has 1 saturated heterocycles. The minimum absolute atomic E-state index is 0.0643. The molecule has 0 aromatic heterocycles. The summed E-state index contributed by atoms with van der Waals surface area (Å²) in [5.74, 6) is 0.00513. The second-order valence-electron chi connectivity index (χ2n) is 5.55. The summed E-state index contributed by atoms with van der Waals surface area (Å²) in [5.41, 5.74) is 0.938. The van der Waals surface area contributed by atoms with Gasteiger partial charge in [0.05, 0.1) is 5.75 Å². The van der Waals surface area contributed by atoms with E-state index < -0.39 is 10.0 Å². The summed E-state index contributed by atoms with van der Waals surface area (Å²) < 4.78 is 26.2. The Bertz CT molecular complexity index is 631. The van der Waals surface area contributed by atoms with E-state index >= 15 is 0 Å². The van der Waals surface area contributed by atoms with E-state index in [9.17, 15) is 13.2 Å². The van der Waals surface area contributed by atoms with Gasteiger partial charge in [-0.2, -0.15) is 0 Å². The minimum Gasteiger partial charge on any atom is -0.333 e. The van der Waals surface area contributed by atoms with Gasteiger partial charge >= 0.3 is 0 Å². The number of piperazine rings is 1. The molecule has 0 saturated carbocycles. The predicted molar refractivity (Wildman–Crippen MR) is 87.5 cm³/mol. The zero-order valence-electron chi connectivity index (χ0n) is 13.0. The molecule has 0 radical (unpaired) electrons. The van der Waals surface area contributed by atoms with Gasteiger partial charge in [0, 0.05) is 36.9 Å². The lowest BCUT2D eigenvalue weighted by molar-refractivity contribution is 0.0656. The van der Waals surface area contributed by atoms with Gasteiger partial charge in [-0.15, -0.1) is 0 Å². The van der Waals surface area contributed by atoms with Gasteiger partial charge in [-0.25, -0.2) is 8.42 Å². The van der Waals surface area contributed by atoms with Crippen LogP contribution in [0.5, 0.6) is 0 Å². The second kappa shape index (κ2) is 7.11. The first-order valence-corrected chi connectivity index (χ1v) is 9.20. The van der Waals surface area contributed by atoms with Crippen molar-refractivity contribution < 1.29 is 13.2 Å². The van der Waals surface area contributed by atoms with Crippen molar-refractivity contribution in [3.63, 3.8) is 0 Å². The number of carbonyl (C=O) groups excluding carboxylic acids is 1. The van der Waals surface area contributed by atoms with Gasteiger partial charge in [0.25, 0.3) is 5.91 Å². The van der Waals surface area contributed by atoms with Crippen LogP contribution in [0.25, 0.3) is 0 Å². The van der Waals surface area contributed by atoms with Crippen LogP contribution in [0.4, 0.5) is 5.69 Å². The number of hydrogen-bond acceptors (Lipinski definition) is 4. The van der Waals surface area contributed by atoms with E-state index in [4.69, 9.17) is 0 Å². The lowest BCUT2D eigenvalue weighted by Crippen LogP contribution is -2.52. The van der Waals surface area contributed by atoms with Crippen LogP contribution in [0.1, 0.15) is 30.6 Å². The largest absolute Gasteiger partial charge is 0.333 e. The highest BCUT2D eigenvalue weighted by Crippen LogP contribution is 2.16. The zero-order valence-corrected chi connectivity index (χ0v) is 13.8. The Morgan fingerprint density at radius 3 is 2.91 bits per heavy atom. The number of amides is 1. The SMILES string of the molecule is CCCS(=O)(=O)Nc1cccc(C(=O)N2CCNC[C@H]2C)c1. The van der Waals surface area contributed by atoms with E-state index in [1.807, 2.05) is 18.7 Å². The van der Waals surface area contributed by atoms with Crippen LogP contribution in [-0.2, 0) is 10.0 Å². The van der Waals surface area contributed by atoms with Crippen molar-refractivity contribution in [2.75, 3.05) is 30.1 Å². The molecule has 22 heavy (non-hydrogen) atoms. The van der Waals surface area contributed by atoms with Gasteiger partial charge in [0.1, 0.15) is 0 Å². The number of rotatable bonds is 5. The third kappa shape index (κ3) is 4.20. The molecule has 1 aromatic rings. The fourth-order valence-corrected chi connectivity index (χ4v) is 3.65. The van der Waals surface area contributed by atoms with Crippen LogP contribution in [0.15, 0.2) is 24.3 Å². The first kappa shape index (κ1) is 16.8. The van der Waals surface area contributed by atoms with Gasteiger partial charge in [-0.1, -0.05) is 13.0 Å². The lowest BCUT2D eigenvalue weighted by Gasteiger charge is -2.34. The van der Waals surface area contributed by atoms with E-state index in [2.05, 4.69) is 10.0 Å². The maximum absolute atomic E-state index is 12.6. The van der Waals surface area contributed by atoms with E-state index in [1.165, 1.54) is 0 Å². The minimum atomic E-state index is -3.35. The summed E-state index contributed by atoms with van der Waals surface area (Å²) >= 11 is 0. The van der Waals surface area contributed by atoms with Crippen LogP contribution >= 0.6 is 0 Å². The highest BCUT2D eigenvalue weighted by atomic mass is 32.2. The highest BCUT2D eigenvalue weighted by molar-refractivity contribution is 7.92. The van der Waals surface area contributed by atoms with Gasteiger partial charge in [0.2, 0.25) is 10.0 Å². The molecule has 0 bridgehead atoms. The molecule has 0 aliphatic carbocycles. The number of benzene rings is 1. The first-order chi connectivity index (χ1) is 10.4. The number of nitrogens with zero attached hydrogens (tertiary/aromatic N) is 1. The molecular weight excluding hydrogens is 302 g/mol. The topological polar surface area (TPSA) is 78.5 Å². The van der Waals surface area contributed by atoms with Crippen molar-refractivity contribution in [2.24, 2.45) is 0 Å². The fraction of sp³-hybridized carbons (Fsp3) is 0.533. The predicted octanol–water partition coefficient (Wildman–Crippen LogP) is 1.27. The molecule has 7 heteroatoms. The Morgan fingerprint density at radius 1 is 1.45 bits per heavy atom. The van der Waals surface area contributed by atoms with E-state index in [0.29, 0.717) is 24.2 Å². The van der Waals surface area contributed by atoms with Crippen molar-refractivity contribution in [3.05, 3.63) is 29.8 Å². The molecule has 1 aromatic carbocycles. The van der Waals surface area contributed by atoms with Crippen LogP contribution < -0.4 is 10.0 Å². The Hall–Kier alpha value is -1.60. The van der Waals surface area contributed by atoms with Crippen molar-refractivity contribution in [1.29, 1.82) is 0 Å². The molecular formula is C15H23N3O3S. The molecule has 2 N–H and O–H groups in total. The molecule has 1 fully saturated rings. The summed E-state index contributed by atoms with van der Waals surface area (Å²) in [6.45, 7) is 6.02. The summed E-state index contributed by atoms with van der Waals surface area (Å²) in [6.07, 6.45) is 0.548. The lowest BCUT2D eigenvalue weighted by atomic mass is 10.1. The number of nitrogens with one attached hydrogen (secondary N) is 2. The molecule has 1 atom stereocenters. The maximum atomic E-state index is 12.6. The third-order valence-electron chi connectivity index (χ3n) is 3.62. The molecule has 1 aliphatic heterocycles. The monoisotopic (exact) mass is 325 g/mol. The van der Waals surface area contributed by atoms with Gasteiger partial charge in [-0.05, 0) is 31.5 Å². The smallest absolute Gasteiger partial charge is 0.254 e. The van der Waals surface area contributed by atoms with Gasteiger partial charge in [0.15, 0.2) is 0 Å². The fourth-order valence-electron chi connectivity index (χ4n) is 2.52. The average Bonchev–Trinajstić information content (AvgIpc) is 2.46. The number of hydrogen-bond donors (Lipinski definition) is 2. The van der Waals surface area contributed by atoms with Crippen molar-refractivity contribution >= 4 is 21.6 Å². The number of anilines is 1. The van der Waals surface area contributed by atoms with Crippen LogP contribution in [0, 0.1) is 0 Å². The first-order valence-electron chi connectivity index (χ1n) is 7.55. The Morgan fingerprint density at radius 2 is 2.23 bits per heavy atom. The standard InChI is InChI=1S/C15H23N3O3S/c1-3-9-22(20,21)17-14-6-4-5-13(10-14)15(19)18-8-7-16-11-12(18)2/h4-6,10,12,16-17H,3,7-9,11H2,1-2H3/t12-/m1/s1. The van der Waals surface area contributed by atoms with Crippen molar-refractivity contribution in [1.82, 2.24) is 10.2 Å². The summed E-state index contributed by atoms with van der Waals surface area (Å²) in [5, 5.41) is 3.24. The quantitative estimate of drug-likeness (QED) is 0.854. The van der Waals surface area contributed by atoms with E-state index in [0.717, 1.165) is 13.1 Å². The molecule has 6 nitrogen and oxygen atoms in total. The zero-order chi connectivity index (χ0) is 16.2. The Kier molecular flexibility index (Phi) is 5.42. The average molecular weight is 325 g/mol. The van der Waals surface area contributed by atoms with Gasteiger partial charge < -0.3 is 10.2 Å². The molecule has 1 heterocycles. The molecule has 122 valence electrons. The number of sulfonamides is 1. The Balaban J connectivity index is 2.15. The molecule has 0 spiro atoms. The molecule has 1 aliphatic rings. The van der Waals surface area contributed by atoms with Crippen LogP contribution in [0.3, 0.4) is 0 Å². The van der Waals surface area contributed by atoms with Crippen molar-refractivity contribution in [3.8, 4) is 0 Å². The molecule has 0 unspecified atom stereocenters. The number of carbonyl (C=O) groups is 1. The van der Waals surface area contributed by atoms with Crippen LogP contribution in [0.2, 0.25) is 0 Å². The summed E-state index contributed by atoms with van der Waals surface area (Å²) in [4.78, 5) is 14.4. The Labute approximate surface area is 131 Å². The summed E-state index contributed by atoms with van der Waals surface area (Å²) in [7, 11) is -3.35. The van der Waals surface area contributed by atoms with Crippen LogP contribution in [-0.4, -0.2) is 50.7 Å². The third-order valence-corrected chi connectivity index (χ3v) is 5.11. The summed E-state index contributed by atoms with van der Waals surface area (Å²) in [6, 6.07) is 6.80. The molecule has 2 rings (SSSR count). The van der Waals surface area contributed by atoms with Gasteiger partial charge in [-0.3, -0.25) is 9.52 Å². The normalized spacial score (nSPS) is 19.0. The second-order valence-corrected chi connectivity index (χ2v) is 7.40. The van der Waals surface area contributed by atoms with Crippen molar-refractivity contribution in [2.45, 2.75) is 26.3 Å². The van der Waals surface area contributed by atoms with E-state index in [1.54, 1.807) is 24.3 Å². The highest BCUT2D eigenvalue weighted by Gasteiger charge is 2.24.